The summed E-state index contributed by atoms with van der Waals surface area (Å²) < 4.78 is 5.15. The first-order chi connectivity index (χ1) is 8.47. The lowest BCUT2D eigenvalue weighted by Gasteiger charge is -2.14. The van der Waals surface area contributed by atoms with Gasteiger partial charge in [0.05, 0.1) is 11.7 Å². The third-order valence-electron chi connectivity index (χ3n) is 2.74. The van der Waals surface area contributed by atoms with Crippen LogP contribution in [-0.2, 0) is 0 Å². The van der Waals surface area contributed by atoms with Gasteiger partial charge in [0.25, 0.3) is 0 Å². The van der Waals surface area contributed by atoms with E-state index in [-0.39, 0.29) is 6.04 Å². The van der Waals surface area contributed by atoms with E-state index < -0.39 is 0 Å². The van der Waals surface area contributed by atoms with Gasteiger partial charge in [-0.2, -0.15) is 0 Å². The van der Waals surface area contributed by atoms with Gasteiger partial charge >= 0.3 is 0 Å². The Bertz CT molecular complexity index is 524. The summed E-state index contributed by atoms with van der Waals surface area (Å²) in [6.45, 7) is 7.65. The van der Waals surface area contributed by atoms with Crippen LogP contribution in [0.4, 0.5) is 11.6 Å². The maximum atomic E-state index is 5.69. The van der Waals surface area contributed by atoms with Crippen molar-refractivity contribution < 1.29 is 4.52 Å². The van der Waals surface area contributed by atoms with Gasteiger partial charge in [0, 0.05) is 11.6 Å². The van der Waals surface area contributed by atoms with E-state index in [1.165, 1.54) is 0 Å². The number of aromatic nitrogens is 3. The standard InChI is InChI=1S/C12H17N5O/c1-6(12-7(2)17-18-8(12)3)14-11-5-10(13)15-9(4)16-11/h5-6H,1-4H3,(H3,13,14,15,16). The molecule has 0 aliphatic carbocycles. The topological polar surface area (TPSA) is 89.9 Å². The minimum Gasteiger partial charge on any atom is -0.384 e. The van der Waals surface area contributed by atoms with E-state index >= 15 is 0 Å². The highest BCUT2D eigenvalue weighted by Crippen LogP contribution is 2.24. The van der Waals surface area contributed by atoms with Crippen LogP contribution >= 0.6 is 0 Å². The van der Waals surface area contributed by atoms with Crippen LogP contribution < -0.4 is 11.1 Å². The van der Waals surface area contributed by atoms with Gasteiger partial charge in [-0.25, -0.2) is 9.97 Å². The summed E-state index contributed by atoms with van der Waals surface area (Å²) in [5, 5.41) is 7.22. The van der Waals surface area contributed by atoms with Gasteiger partial charge in [0.2, 0.25) is 0 Å². The molecule has 1 atom stereocenters. The zero-order valence-electron chi connectivity index (χ0n) is 11.0. The number of nitrogens with zero attached hydrogens (tertiary/aromatic N) is 3. The van der Waals surface area contributed by atoms with E-state index in [4.69, 9.17) is 10.3 Å². The molecule has 0 fully saturated rings. The van der Waals surface area contributed by atoms with E-state index in [0.717, 1.165) is 17.0 Å². The Morgan fingerprint density at radius 1 is 1.28 bits per heavy atom. The van der Waals surface area contributed by atoms with Crippen molar-refractivity contribution in [2.45, 2.75) is 33.7 Å². The van der Waals surface area contributed by atoms with E-state index in [9.17, 15) is 0 Å². The van der Waals surface area contributed by atoms with Crippen molar-refractivity contribution in [2.75, 3.05) is 11.1 Å². The van der Waals surface area contributed by atoms with Gasteiger partial charge in [-0.05, 0) is 27.7 Å². The molecule has 0 spiro atoms. The van der Waals surface area contributed by atoms with Crippen LogP contribution in [0.2, 0.25) is 0 Å². The number of hydrogen-bond donors (Lipinski definition) is 2. The van der Waals surface area contributed by atoms with E-state index in [2.05, 4.69) is 20.4 Å². The van der Waals surface area contributed by atoms with Crippen molar-refractivity contribution in [3.63, 3.8) is 0 Å². The molecule has 0 aromatic carbocycles. The van der Waals surface area contributed by atoms with E-state index in [1.807, 2.05) is 27.7 Å². The number of aryl methyl sites for hydroxylation is 3. The Morgan fingerprint density at radius 2 is 2.00 bits per heavy atom. The second-order valence-corrected chi connectivity index (χ2v) is 4.33. The van der Waals surface area contributed by atoms with Crippen LogP contribution in [-0.4, -0.2) is 15.1 Å². The van der Waals surface area contributed by atoms with E-state index in [0.29, 0.717) is 17.5 Å². The molecule has 18 heavy (non-hydrogen) atoms. The number of anilines is 2. The smallest absolute Gasteiger partial charge is 0.139 e. The number of nitrogens with one attached hydrogen (secondary N) is 1. The van der Waals surface area contributed by atoms with Crippen LogP contribution in [0.5, 0.6) is 0 Å². The van der Waals surface area contributed by atoms with Crippen LogP contribution in [0, 0.1) is 20.8 Å². The van der Waals surface area contributed by atoms with Gasteiger partial charge < -0.3 is 15.6 Å². The average Bonchev–Trinajstić information content (AvgIpc) is 2.56. The van der Waals surface area contributed by atoms with Crippen molar-refractivity contribution in [2.24, 2.45) is 0 Å². The largest absolute Gasteiger partial charge is 0.384 e. The lowest BCUT2D eigenvalue weighted by atomic mass is 10.1. The zero-order chi connectivity index (χ0) is 13.3. The molecular formula is C12H17N5O. The average molecular weight is 247 g/mol. The lowest BCUT2D eigenvalue weighted by molar-refractivity contribution is 0.392. The highest BCUT2D eigenvalue weighted by atomic mass is 16.5. The summed E-state index contributed by atoms with van der Waals surface area (Å²) in [6, 6.07) is 1.76. The molecule has 0 saturated carbocycles. The summed E-state index contributed by atoms with van der Waals surface area (Å²) in [5.74, 6) is 2.61. The molecule has 1 unspecified atom stereocenters. The Morgan fingerprint density at radius 3 is 2.56 bits per heavy atom. The Labute approximate surface area is 106 Å². The number of nitrogens with two attached hydrogens (primary N) is 1. The summed E-state index contributed by atoms with van der Waals surface area (Å²) in [4.78, 5) is 8.33. The molecule has 6 heteroatoms. The minimum absolute atomic E-state index is 0.0462. The summed E-state index contributed by atoms with van der Waals surface area (Å²) >= 11 is 0. The normalized spacial score (nSPS) is 12.4. The van der Waals surface area contributed by atoms with Gasteiger partial charge in [-0.1, -0.05) is 5.16 Å². The van der Waals surface area contributed by atoms with Crippen LogP contribution in [0.25, 0.3) is 0 Å². The predicted molar refractivity (Wildman–Crippen MR) is 69.2 cm³/mol. The summed E-state index contributed by atoms with van der Waals surface area (Å²) in [7, 11) is 0. The SMILES string of the molecule is Cc1nc(N)cc(NC(C)c2c(C)noc2C)n1. The zero-order valence-corrected chi connectivity index (χ0v) is 11.0. The molecule has 2 aromatic rings. The van der Waals surface area contributed by atoms with E-state index in [1.54, 1.807) is 6.07 Å². The molecule has 0 radical (unpaired) electrons. The number of hydrogen-bond acceptors (Lipinski definition) is 6. The molecule has 96 valence electrons. The quantitative estimate of drug-likeness (QED) is 0.863. The Balaban J connectivity index is 2.24. The van der Waals surface area contributed by atoms with Crippen molar-refractivity contribution in [3.8, 4) is 0 Å². The fourth-order valence-corrected chi connectivity index (χ4v) is 2.07. The van der Waals surface area contributed by atoms with Crippen LogP contribution in [0.1, 0.15) is 35.8 Å². The first-order valence-electron chi connectivity index (χ1n) is 5.78. The molecule has 0 amide bonds. The molecule has 0 aliphatic rings. The van der Waals surface area contributed by atoms with Crippen molar-refractivity contribution in [1.29, 1.82) is 0 Å². The molecule has 0 bridgehead atoms. The third kappa shape index (κ3) is 2.42. The van der Waals surface area contributed by atoms with Crippen molar-refractivity contribution in [3.05, 3.63) is 28.9 Å². The second-order valence-electron chi connectivity index (χ2n) is 4.33. The fourth-order valence-electron chi connectivity index (χ4n) is 2.07. The highest BCUT2D eigenvalue weighted by molar-refractivity contribution is 5.46. The van der Waals surface area contributed by atoms with Crippen molar-refractivity contribution >= 4 is 11.6 Å². The maximum Gasteiger partial charge on any atom is 0.139 e. The Hall–Kier alpha value is -2.11. The summed E-state index contributed by atoms with van der Waals surface area (Å²) in [6.07, 6.45) is 0. The van der Waals surface area contributed by atoms with Gasteiger partial charge in [0.1, 0.15) is 23.2 Å². The minimum atomic E-state index is 0.0462. The molecular weight excluding hydrogens is 230 g/mol. The fraction of sp³-hybridized carbons (Fsp3) is 0.417. The molecule has 2 rings (SSSR count). The van der Waals surface area contributed by atoms with Gasteiger partial charge in [-0.15, -0.1) is 0 Å². The molecule has 2 aromatic heterocycles. The highest BCUT2D eigenvalue weighted by Gasteiger charge is 2.16. The lowest BCUT2D eigenvalue weighted by Crippen LogP contribution is -2.11. The second kappa shape index (κ2) is 4.64. The van der Waals surface area contributed by atoms with Gasteiger partial charge in [0.15, 0.2) is 0 Å². The Kier molecular flexibility index (Phi) is 3.18. The number of rotatable bonds is 3. The number of nitrogen functional groups attached to an aromatic ring is 1. The molecule has 3 N–H and O–H groups in total. The molecule has 6 nitrogen and oxygen atoms in total. The molecule has 0 aliphatic heterocycles. The maximum absolute atomic E-state index is 5.69. The first-order valence-corrected chi connectivity index (χ1v) is 5.78. The molecule has 0 saturated heterocycles. The van der Waals surface area contributed by atoms with Gasteiger partial charge in [-0.3, -0.25) is 0 Å². The summed E-state index contributed by atoms with van der Waals surface area (Å²) in [5.41, 5.74) is 7.62. The predicted octanol–water partition coefficient (Wildman–Crippen LogP) is 2.15. The monoisotopic (exact) mass is 247 g/mol. The van der Waals surface area contributed by atoms with Crippen LogP contribution in [0.15, 0.2) is 10.6 Å². The molecule has 2 heterocycles. The first kappa shape index (κ1) is 12.3. The van der Waals surface area contributed by atoms with Crippen molar-refractivity contribution in [1.82, 2.24) is 15.1 Å². The van der Waals surface area contributed by atoms with Crippen LogP contribution in [0.3, 0.4) is 0 Å². The third-order valence-corrected chi connectivity index (χ3v) is 2.74.